The zero-order chi connectivity index (χ0) is 32.7. The Morgan fingerprint density at radius 2 is 0.889 bits per heavy atom. The minimum atomic E-state index is 1.02. The van der Waals surface area contributed by atoms with Crippen molar-refractivity contribution in [2.75, 3.05) is 0 Å². The van der Waals surface area contributed by atoms with Crippen LogP contribution in [-0.4, -0.2) is 4.70 Å². The Bertz CT molecular complexity index is 1170. The van der Waals surface area contributed by atoms with Crippen LogP contribution in [0.5, 0.6) is 0 Å². The molecule has 0 radical (unpaired) electrons. The van der Waals surface area contributed by atoms with Crippen LogP contribution < -0.4 is 0 Å². The second-order valence-corrected chi connectivity index (χ2v) is 14.4. The van der Waals surface area contributed by atoms with Gasteiger partial charge in [-0.1, -0.05) is 116 Å². The summed E-state index contributed by atoms with van der Waals surface area (Å²) in [6, 6.07) is 18.0. The number of allylic oxidation sites excluding steroid dienone is 2. The van der Waals surface area contributed by atoms with Gasteiger partial charge >= 0.3 is 39.1 Å². The quantitative estimate of drug-likeness (QED) is 0.0684. The van der Waals surface area contributed by atoms with Crippen LogP contribution in [0.2, 0.25) is 10.8 Å². The molecule has 45 heavy (non-hydrogen) atoms. The van der Waals surface area contributed by atoms with Crippen LogP contribution >= 0.6 is 0 Å². The molecule has 0 saturated carbocycles. The molecule has 0 N–H and O–H groups in total. The Morgan fingerprint density at radius 1 is 0.489 bits per heavy atom. The van der Waals surface area contributed by atoms with E-state index in [1.165, 1.54) is 116 Å². The van der Waals surface area contributed by atoms with Gasteiger partial charge in [-0.05, 0) is 86.8 Å². The molecule has 0 unspecified atom stereocenters. The second-order valence-electron chi connectivity index (χ2n) is 12.5. The minimum absolute atomic E-state index is 1.02. The van der Waals surface area contributed by atoms with Gasteiger partial charge in [0.1, 0.15) is 0 Å². The molecule has 3 rings (SSSR count). The van der Waals surface area contributed by atoms with Crippen LogP contribution in [0.3, 0.4) is 0 Å². The van der Waals surface area contributed by atoms with Crippen molar-refractivity contribution in [3.63, 3.8) is 0 Å². The van der Waals surface area contributed by atoms with Gasteiger partial charge in [0.2, 0.25) is 11.4 Å². The molecule has 0 fully saturated rings. The molecule has 1 aliphatic rings. The van der Waals surface area contributed by atoms with Gasteiger partial charge in [-0.15, -0.1) is 0 Å². The Hall–Kier alpha value is -1.99. The summed E-state index contributed by atoms with van der Waals surface area (Å²) in [7, 11) is 0. The molecule has 3 heteroatoms. The van der Waals surface area contributed by atoms with Crippen molar-refractivity contribution < 1.29 is 19.1 Å². The molecule has 0 bridgehead atoms. The van der Waals surface area contributed by atoms with Crippen molar-refractivity contribution in [2.24, 2.45) is 0 Å². The standard InChI is InChI=1S/C38H56N2.2C2H5.Ni/c1-5-9-13-14-15-18-28-36-35(27-12-8-4)37(33-25-19-23-31(29-33)21-16-10-6-2)40(39)38(36)34-26-20-24-32(30-34)22-17-11-7-3;2*1-2;/h19-20,23-26,29-30H,5-18,21-22,27-28H2,1-4H3;2*1H2,2H3;. The van der Waals surface area contributed by atoms with Crippen molar-refractivity contribution in [3.05, 3.63) is 87.5 Å². The Morgan fingerprint density at radius 3 is 1.33 bits per heavy atom. The molecule has 2 nitrogen and oxygen atoms in total. The van der Waals surface area contributed by atoms with Crippen molar-refractivity contribution in [2.45, 2.75) is 168 Å². The summed E-state index contributed by atoms with van der Waals surface area (Å²) in [6.07, 6.45) is 21.8. The fourth-order valence-corrected chi connectivity index (χ4v) is 6.78. The molecular weight excluding hydrogens is 591 g/mol. The van der Waals surface area contributed by atoms with Gasteiger partial charge in [-0.25, -0.2) is 4.70 Å². The molecule has 0 atom stereocenters. The van der Waals surface area contributed by atoms with E-state index in [1.54, 1.807) is 4.70 Å². The molecule has 0 aliphatic carbocycles. The van der Waals surface area contributed by atoms with E-state index in [0.717, 1.165) is 55.5 Å². The molecule has 254 valence electrons. The monoisotopic (exact) mass is 656 g/mol. The molecule has 0 saturated heterocycles. The summed E-state index contributed by atoms with van der Waals surface area (Å²) in [4.78, 5) is 0. The molecule has 0 spiro atoms. The predicted octanol–water partition coefficient (Wildman–Crippen LogP) is 14.2. The summed E-state index contributed by atoms with van der Waals surface area (Å²) < 4.78 is 1.58. The zero-order valence-corrected chi connectivity index (χ0v) is 31.0. The van der Waals surface area contributed by atoms with Crippen molar-refractivity contribution in [1.29, 1.82) is 0 Å². The van der Waals surface area contributed by atoms with E-state index in [4.69, 9.17) is 0 Å². The van der Waals surface area contributed by atoms with Gasteiger partial charge in [0, 0.05) is 22.3 Å². The third-order valence-corrected chi connectivity index (χ3v) is 9.76. The van der Waals surface area contributed by atoms with Gasteiger partial charge < -0.3 is 5.53 Å². The van der Waals surface area contributed by atoms with Crippen molar-refractivity contribution in [1.82, 2.24) is 0 Å². The Labute approximate surface area is 284 Å². The van der Waals surface area contributed by atoms with Crippen LogP contribution in [-0.2, 0) is 27.3 Å². The number of benzene rings is 2. The van der Waals surface area contributed by atoms with E-state index in [0.29, 0.717) is 0 Å². The van der Waals surface area contributed by atoms with Gasteiger partial charge in [-0.3, -0.25) is 0 Å². The van der Waals surface area contributed by atoms with E-state index in [2.05, 4.69) is 90.1 Å². The van der Waals surface area contributed by atoms with Crippen LogP contribution in [0, 0.1) is 0 Å². The molecule has 2 aromatic rings. The number of hydrogen-bond acceptors (Lipinski definition) is 0. The zero-order valence-electron chi connectivity index (χ0n) is 30.0. The summed E-state index contributed by atoms with van der Waals surface area (Å²) in [5.41, 5.74) is 21.9. The predicted molar refractivity (Wildman–Crippen MR) is 195 cm³/mol. The average Bonchev–Trinajstić information content (AvgIpc) is 3.33. The number of aryl methyl sites for hydroxylation is 2. The summed E-state index contributed by atoms with van der Waals surface area (Å²) in [6.45, 7) is 13.5. The van der Waals surface area contributed by atoms with Crippen LogP contribution in [0.4, 0.5) is 0 Å². The number of hydrogen-bond donors (Lipinski definition) is 0. The SMILES string of the molecule is CCCCCCCCC1=C(c2cccc(CCCCC)c2)[N+](=[N-])C(c2cccc(CCCCC)c2)=C1CCCC.C[CH2][Ni][CH2]C. The summed E-state index contributed by atoms with van der Waals surface area (Å²) in [5, 5.41) is 2.56. The van der Waals surface area contributed by atoms with Gasteiger partial charge in [-0.2, -0.15) is 0 Å². The second kappa shape index (κ2) is 24.2. The molecule has 2 aromatic carbocycles. The maximum atomic E-state index is 12.0. The van der Waals surface area contributed by atoms with Crippen LogP contribution in [0.1, 0.15) is 167 Å². The third-order valence-electron chi connectivity index (χ3n) is 8.78. The van der Waals surface area contributed by atoms with Gasteiger partial charge in [0.05, 0.1) is 0 Å². The summed E-state index contributed by atoms with van der Waals surface area (Å²) >= 11 is 1.82. The number of unbranched alkanes of at least 4 members (excludes halogenated alkanes) is 10. The van der Waals surface area contributed by atoms with E-state index in [9.17, 15) is 5.53 Å². The van der Waals surface area contributed by atoms with E-state index >= 15 is 0 Å². The van der Waals surface area contributed by atoms with Gasteiger partial charge in [0.15, 0.2) is 0 Å². The molecule has 1 heterocycles. The first kappa shape index (κ1) is 39.2. The Kier molecular flexibility index (Phi) is 21.1. The van der Waals surface area contributed by atoms with E-state index in [-0.39, 0.29) is 0 Å². The molecule has 1 aliphatic heterocycles. The normalized spacial score (nSPS) is 13.2. The topological polar surface area (TPSA) is 25.3 Å². The first-order chi connectivity index (χ1) is 22.1. The first-order valence-electron chi connectivity index (χ1n) is 18.6. The first-order valence-corrected chi connectivity index (χ1v) is 20.0. The molecule has 0 amide bonds. The molecular formula is C42H66N2Ni. The maximum absolute atomic E-state index is 12.0. The Balaban J connectivity index is 0.00000130. The van der Waals surface area contributed by atoms with Crippen molar-refractivity contribution in [3.8, 4) is 0 Å². The van der Waals surface area contributed by atoms with Crippen molar-refractivity contribution >= 4 is 11.4 Å². The van der Waals surface area contributed by atoms with Crippen LogP contribution in [0.25, 0.3) is 16.9 Å². The van der Waals surface area contributed by atoms with Crippen LogP contribution in [0.15, 0.2) is 59.7 Å². The number of rotatable bonds is 22. The average molecular weight is 658 g/mol. The fraction of sp³-hybridized carbons (Fsp3) is 0.619. The third kappa shape index (κ3) is 13.7. The number of nitrogens with zero attached hydrogens (tertiary/aromatic N) is 2. The fourth-order valence-electron chi connectivity index (χ4n) is 6.29. The van der Waals surface area contributed by atoms with E-state index in [1.807, 2.05) is 14.4 Å². The van der Waals surface area contributed by atoms with Gasteiger partial charge in [0.25, 0.3) is 0 Å². The molecule has 0 aromatic heterocycles. The summed E-state index contributed by atoms with van der Waals surface area (Å²) in [5.74, 6) is 0. The van der Waals surface area contributed by atoms with E-state index < -0.39 is 0 Å².